The zero-order chi connectivity index (χ0) is 11.8. The Morgan fingerprint density at radius 2 is 1.50 bits per heavy atom. The smallest absolute Gasteiger partial charge is 0.0110 e. The lowest BCUT2D eigenvalue weighted by Gasteiger charge is -2.32. The largest absolute Gasteiger partial charge is 0.304 e. The van der Waals surface area contributed by atoms with Gasteiger partial charge in [0.05, 0.1) is 0 Å². The second-order valence-electron chi connectivity index (χ2n) is 5.52. The van der Waals surface area contributed by atoms with Crippen molar-refractivity contribution >= 4 is 0 Å². The summed E-state index contributed by atoms with van der Waals surface area (Å²) in [5.41, 5.74) is 0. The van der Waals surface area contributed by atoms with Gasteiger partial charge in [-0.1, -0.05) is 33.1 Å². The molecule has 0 bridgehead atoms. The Morgan fingerprint density at radius 3 is 2.12 bits per heavy atom. The van der Waals surface area contributed by atoms with Gasteiger partial charge in [-0.15, -0.1) is 0 Å². The van der Waals surface area contributed by atoms with Crippen LogP contribution >= 0.6 is 0 Å². The van der Waals surface area contributed by atoms with Crippen molar-refractivity contribution in [2.24, 2.45) is 0 Å². The molecule has 0 N–H and O–H groups in total. The minimum atomic E-state index is 1.25. The fourth-order valence-electron chi connectivity index (χ4n) is 2.24. The summed E-state index contributed by atoms with van der Waals surface area (Å²) >= 11 is 0. The topological polar surface area (TPSA) is 6.48 Å². The molecule has 95 valence electrons. The first-order valence-corrected chi connectivity index (χ1v) is 6.88. The maximum Gasteiger partial charge on any atom is 0.0110 e. The third-order valence-corrected chi connectivity index (χ3v) is 3.50. The van der Waals surface area contributed by atoms with Crippen LogP contribution in [0.4, 0.5) is 0 Å². The minimum Gasteiger partial charge on any atom is -0.304 e. The molecule has 0 saturated carbocycles. The Bertz CT molecular complexity index is 160. The quantitative estimate of drug-likeness (QED) is 0.615. The van der Waals surface area contributed by atoms with Gasteiger partial charge in [0.1, 0.15) is 0 Å². The second kappa shape index (κ2) is 8.08. The number of hydrogen-bond donors (Lipinski definition) is 0. The van der Waals surface area contributed by atoms with Gasteiger partial charge < -0.3 is 9.80 Å². The van der Waals surface area contributed by atoms with E-state index in [0.29, 0.717) is 0 Å². The van der Waals surface area contributed by atoms with Crippen LogP contribution < -0.4 is 0 Å². The normalized spacial score (nSPS) is 19.5. The van der Waals surface area contributed by atoms with Gasteiger partial charge in [0.15, 0.2) is 0 Å². The van der Waals surface area contributed by atoms with Crippen LogP contribution in [-0.4, -0.2) is 49.6 Å². The lowest BCUT2D eigenvalue weighted by Crippen LogP contribution is -2.44. The van der Waals surface area contributed by atoms with Gasteiger partial charge >= 0.3 is 0 Å². The predicted molar refractivity (Wildman–Crippen MR) is 71.6 cm³/mol. The highest BCUT2D eigenvalue weighted by molar-refractivity contribution is 4.75. The summed E-state index contributed by atoms with van der Waals surface area (Å²) in [6.45, 7) is 10.9. The standard InChI is InChI=1S/C14H29N2/c1-14(2)8-6-4-5-7-9-16-12-10-15(3)11-13-16/h4-13H2,1-3H3. The van der Waals surface area contributed by atoms with E-state index in [1.54, 1.807) is 5.92 Å². The van der Waals surface area contributed by atoms with Gasteiger partial charge in [0, 0.05) is 26.2 Å². The number of hydrogen-bond acceptors (Lipinski definition) is 2. The van der Waals surface area contributed by atoms with E-state index in [4.69, 9.17) is 0 Å². The van der Waals surface area contributed by atoms with E-state index < -0.39 is 0 Å². The van der Waals surface area contributed by atoms with Crippen LogP contribution in [0.25, 0.3) is 0 Å². The zero-order valence-corrected chi connectivity index (χ0v) is 11.5. The van der Waals surface area contributed by atoms with E-state index in [2.05, 4.69) is 30.7 Å². The van der Waals surface area contributed by atoms with Crippen molar-refractivity contribution < 1.29 is 0 Å². The van der Waals surface area contributed by atoms with E-state index >= 15 is 0 Å². The van der Waals surface area contributed by atoms with Crippen molar-refractivity contribution in [3.8, 4) is 0 Å². The number of likely N-dealkylation sites (N-methyl/N-ethyl adjacent to an activating group) is 1. The van der Waals surface area contributed by atoms with Crippen molar-refractivity contribution in [1.82, 2.24) is 9.80 Å². The molecular formula is C14H29N2. The predicted octanol–water partition coefficient (Wildman–Crippen LogP) is 2.80. The Hall–Kier alpha value is -0.0800. The summed E-state index contributed by atoms with van der Waals surface area (Å²) in [4.78, 5) is 5.05. The third kappa shape index (κ3) is 6.49. The molecule has 1 rings (SSSR count). The fraction of sp³-hybridized carbons (Fsp3) is 0.929. The molecule has 0 atom stereocenters. The lowest BCUT2D eigenvalue weighted by molar-refractivity contribution is 0.152. The van der Waals surface area contributed by atoms with E-state index in [-0.39, 0.29) is 0 Å². The zero-order valence-electron chi connectivity index (χ0n) is 11.5. The molecule has 0 aromatic rings. The van der Waals surface area contributed by atoms with E-state index in [0.717, 1.165) is 0 Å². The SMILES string of the molecule is C[C](C)CCCCCCN1CCN(C)CC1. The molecule has 0 aromatic heterocycles. The van der Waals surface area contributed by atoms with Crippen molar-refractivity contribution in [3.63, 3.8) is 0 Å². The Morgan fingerprint density at radius 1 is 0.875 bits per heavy atom. The van der Waals surface area contributed by atoms with E-state index in [1.807, 2.05) is 0 Å². The molecule has 2 nitrogen and oxygen atoms in total. The maximum atomic E-state index is 2.62. The van der Waals surface area contributed by atoms with Crippen LogP contribution in [0.3, 0.4) is 0 Å². The maximum absolute atomic E-state index is 2.62. The Balaban J connectivity index is 1.87. The molecule has 1 heterocycles. The van der Waals surface area contributed by atoms with Crippen LogP contribution in [-0.2, 0) is 0 Å². The molecular weight excluding hydrogens is 196 g/mol. The van der Waals surface area contributed by atoms with Crippen LogP contribution in [0.5, 0.6) is 0 Å². The first kappa shape index (κ1) is 14.0. The molecule has 1 saturated heterocycles. The van der Waals surface area contributed by atoms with Crippen LogP contribution in [0, 0.1) is 5.92 Å². The highest BCUT2D eigenvalue weighted by atomic mass is 15.2. The van der Waals surface area contributed by atoms with Crippen molar-refractivity contribution in [1.29, 1.82) is 0 Å². The second-order valence-corrected chi connectivity index (χ2v) is 5.52. The van der Waals surface area contributed by atoms with Crippen molar-refractivity contribution in [2.75, 3.05) is 39.8 Å². The third-order valence-electron chi connectivity index (χ3n) is 3.50. The van der Waals surface area contributed by atoms with Gasteiger partial charge in [0.2, 0.25) is 0 Å². The summed E-state index contributed by atoms with van der Waals surface area (Å²) < 4.78 is 0. The summed E-state index contributed by atoms with van der Waals surface area (Å²) in [6, 6.07) is 0. The van der Waals surface area contributed by atoms with Gasteiger partial charge in [-0.2, -0.15) is 0 Å². The molecule has 0 aromatic carbocycles. The van der Waals surface area contributed by atoms with Gasteiger partial charge in [-0.05, 0) is 32.4 Å². The summed E-state index contributed by atoms with van der Waals surface area (Å²) in [7, 11) is 2.22. The summed E-state index contributed by atoms with van der Waals surface area (Å²) in [5.74, 6) is 1.58. The number of nitrogens with zero attached hydrogens (tertiary/aromatic N) is 2. The van der Waals surface area contributed by atoms with Gasteiger partial charge in [-0.25, -0.2) is 0 Å². The van der Waals surface area contributed by atoms with Gasteiger partial charge in [0.25, 0.3) is 0 Å². The molecule has 0 spiro atoms. The highest BCUT2D eigenvalue weighted by Crippen LogP contribution is 2.11. The number of piperazine rings is 1. The lowest BCUT2D eigenvalue weighted by atomic mass is 10.0. The monoisotopic (exact) mass is 225 g/mol. The molecule has 1 aliphatic rings. The first-order valence-electron chi connectivity index (χ1n) is 6.88. The molecule has 1 fully saturated rings. The van der Waals surface area contributed by atoms with E-state index in [9.17, 15) is 0 Å². The number of rotatable bonds is 7. The summed E-state index contributed by atoms with van der Waals surface area (Å²) in [6.07, 6.45) is 6.95. The Kier molecular flexibility index (Phi) is 7.06. The highest BCUT2D eigenvalue weighted by Gasteiger charge is 2.12. The fourth-order valence-corrected chi connectivity index (χ4v) is 2.24. The first-order chi connectivity index (χ1) is 7.68. The van der Waals surface area contributed by atoms with E-state index in [1.165, 1.54) is 64.8 Å². The molecule has 0 unspecified atom stereocenters. The van der Waals surface area contributed by atoms with Crippen LogP contribution in [0.2, 0.25) is 0 Å². The molecule has 1 aliphatic heterocycles. The summed E-state index contributed by atoms with van der Waals surface area (Å²) in [5, 5.41) is 0. The van der Waals surface area contributed by atoms with Crippen LogP contribution in [0.1, 0.15) is 46.0 Å². The molecule has 1 radical (unpaired) electrons. The molecule has 2 heteroatoms. The average Bonchev–Trinajstić information content (AvgIpc) is 2.25. The minimum absolute atomic E-state index is 1.25. The molecule has 16 heavy (non-hydrogen) atoms. The van der Waals surface area contributed by atoms with Crippen molar-refractivity contribution in [3.05, 3.63) is 5.92 Å². The van der Waals surface area contributed by atoms with Crippen molar-refractivity contribution in [2.45, 2.75) is 46.0 Å². The molecule has 0 aliphatic carbocycles. The Labute approximate surface area is 102 Å². The van der Waals surface area contributed by atoms with Gasteiger partial charge in [-0.3, -0.25) is 0 Å². The van der Waals surface area contributed by atoms with Crippen LogP contribution in [0.15, 0.2) is 0 Å². The number of unbranched alkanes of at least 4 members (excludes halogenated alkanes) is 3. The average molecular weight is 225 g/mol. The molecule has 0 amide bonds.